The summed E-state index contributed by atoms with van der Waals surface area (Å²) in [4.78, 5) is 30.7. The fraction of sp³-hybridized carbons (Fsp3) is 0.235. The molecule has 2 heterocycles. The van der Waals surface area contributed by atoms with E-state index in [-0.39, 0.29) is 122 Å². The first-order chi connectivity index (χ1) is 27.9. The lowest BCUT2D eigenvalue weighted by Gasteiger charge is -2.24. The zero-order valence-corrected chi connectivity index (χ0v) is 39.7. The van der Waals surface area contributed by atoms with Crippen LogP contribution in [0.1, 0.15) is 36.2 Å². The van der Waals surface area contributed by atoms with Gasteiger partial charge in [-0.25, -0.2) is 9.97 Å². The van der Waals surface area contributed by atoms with Crippen LogP contribution < -0.4 is 18.9 Å². The topological polar surface area (TPSA) is 158 Å². The predicted octanol–water partition coefficient (Wildman–Crippen LogP) is 14.9. The first-order valence-electron chi connectivity index (χ1n) is 16.0. The highest BCUT2D eigenvalue weighted by atomic mass is 79.9. The summed E-state index contributed by atoms with van der Waals surface area (Å²) in [7, 11) is 0. The van der Waals surface area contributed by atoms with E-state index in [9.17, 15) is 20.2 Å². The molecule has 2 aromatic carbocycles. The van der Waals surface area contributed by atoms with Gasteiger partial charge in [0.25, 0.3) is 11.8 Å². The van der Waals surface area contributed by atoms with Crippen LogP contribution in [0.2, 0.25) is 30.1 Å². The average Bonchev–Trinajstić information content (AvgIpc) is 3.14. The second-order valence-electron chi connectivity index (χ2n) is 11.2. The highest BCUT2D eigenvalue weighted by Crippen LogP contribution is 2.47. The standard InChI is InChI=1S/C34H22Br2Cl10N4O9/c35-23-3-1-17(49(51)52)33(47-23)58-19(27-15(37)13-21(29(43)31(27)45)56-11-7-25(39)40)5-9-55-10-6-20(59-34-18(50(53)54)2-4-24(36)48-34)28-16(38)14-22(30(44)32(28)46)57-12-8-26(41)42/h1-4,7-8,13-14,19-20H,5-6,9-12H2. The molecule has 0 aliphatic heterocycles. The zero-order chi connectivity index (χ0) is 43.6. The normalized spacial score (nSPS) is 12.0. The fourth-order valence-electron chi connectivity index (χ4n) is 4.91. The maximum atomic E-state index is 11.9. The Labute approximate surface area is 402 Å². The molecule has 4 aromatic rings. The summed E-state index contributed by atoms with van der Waals surface area (Å²) in [5.74, 6) is -0.575. The third kappa shape index (κ3) is 14.0. The van der Waals surface area contributed by atoms with Crippen molar-refractivity contribution in [2.75, 3.05) is 26.4 Å². The first kappa shape index (κ1) is 49.7. The SMILES string of the molecule is O=[N+]([O-])c1ccc(Br)nc1OC(CCOCCC(Oc1nc(Br)ccc1[N+](=O)[O-])c1c(Cl)cc(OCC=C(Cl)Cl)c(Cl)c1Cl)c1c(Cl)cc(OCC=C(Cl)Cl)c(Cl)c1Cl. The van der Waals surface area contributed by atoms with Crippen LogP contribution in [0.25, 0.3) is 0 Å². The summed E-state index contributed by atoms with van der Waals surface area (Å²) in [5.41, 5.74) is -0.657. The summed E-state index contributed by atoms with van der Waals surface area (Å²) in [6.07, 6.45) is 0.327. The molecule has 0 saturated carbocycles. The van der Waals surface area contributed by atoms with Crippen molar-refractivity contribution < 1.29 is 33.5 Å². The molecule has 0 amide bonds. The minimum Gasteiger partial charge on any atom is -0.488 e. The zero-order valence-electron chi connectivity index (χ0n) is 29.0. The van der Waals surface area contributed by atoms with E-state index in [0.29, 0.717) is 0 Å². The average molecular weight is 1140 g/mol. The molecule has 25 heteroatoms. The maximum Gasteiger partial charge on any atom is 0.331 e. The summed E-state index contributed by atoms with van der Waals surface area (Å²) in [5, 5.41) is 23.5. The number of rotatable bonds is 20. The van der Waals surface area contributed by atoms with Crippen molar-refractivity contribution in [2.45, 2.75) is 25.0 Å². The Morgan fingerprint density at radius 1 is 0.644 bits per heavy atom. The van der Waals surface area contributed by atoms with Crippen molar-refractivity contribution in [3.05, 3.63) is 128 Å². The monoisotopic (exact) mass is 1140 g/mol. The van der Waals surface area contributed by atoms with Crippen molar-refractivity contribution in [1.29, 1.82) is 0 Å². The first-order valence-corrected chi connectivity index (χ1v) is 21.4. The molecular formula is C34H22Br2Cl10N4O9. The van der Waals surface area contributed by atoms with E-state index in [1.807, 2.05) is 0 Å². The third-order valence-corrected chi connectivity index (χ3v) is 11.3. The number of nitro groups is 2. The molecule has 2 aromatic heterocycles. The van der Waals surface area contributed by atoms with Crippen molar-refractivity contribution in [3.8, 4) is 23.3 Å². The lowest BCUT2D eigenvalue weighted by atomic mass is 10.1. The smallest absolute Gasteiger partial charge is 0.331 e. The Bertz CT molecular complexity index is 2110. The van der Waals surface area contributed by atoms with Gasteiger partial charge in [-0.2, -0.15) is 0 Å². The van der Waals surface area contributed by atoms with Crippen LogP contribution in [0.3, 0.4) is 0 Å². The number of nitrogens with zero attached hydrogens (tertiary/aromatic N) is 4. The highest BCUT2D eigenvalue weighted by Gasteiger charge is 2.31. The van der Waals surface area contributed by atoms with Gasteiger partial charge >= 0.3 is 11.4 Å². The third-order valence-electron chi connectivity index (χ3n) is 7.48. The molecule has 0 bridgehead atoms. The van der Waals surface area contributed by atoms with Gasteiger partial charge in [0.1, 0.15) is 65.2 Å². The van der Waals surface area contributed by atoms with Crippen LogP contribution >= 0.6 is 148 Å². The molecule has 0 spiro atoms. The Kier molecular flexibility index (Phi) is 19.8. The van der Waals surface area contributed by atoms with Gasteiger partial charge in [0.15, 0.2) is 0 Å². The Balaban J connectivity index is 1.65. The van der Waals surface area contributed by atoms with E-state index in [1.54, 1.807) is 0 Å². The Morgan fingerprint density at radius 2 is 1.02 bits per heavy atom. The molecule has 0 radical (unpaired) electrons. The molecule has 59 heavy (non-hydrogen) atoms. The van der Waals surface area contributed by atoms with E-state index in [0.717, 1.165) is 0 Å². The van der Waals surface area contributed by atoms with E-state index in [2.05, 4.69) is 41.8 Å². The van der Waals surface area contributed by atoms with Crippen molar-refractivity contribution in [1.82, 2.24) is 9.97 Å². The van der Waals surface area contributed by atoms with Crippen molar-refractivity contribution >= 4 is 159 Å². The minimum absolute atomic E-state index is 0.0185. The second kappa shape index (κ2) is 23.5. The van der Waals surface area contributed by atoms with Gasteiger partial charge in [0.2, 0.25) is 0 Å². The van der Waals surface area contributed by atoms with Crippen molar-refractivity contribution in [2.24, 2.45) is 0 Å². The van der Waals surface area contributed by atoms with Gasteiger partial charge < -0.3 is 23.7 Å². The molecule has 0 saturated heterocycles. The number of aromatic nitrogens is 2. The summed E-state index contributed by atoms with van der Waals surface area (Å²) in [6, 6.07) is 7.87. The fourth-order valence-corrected chi connectivity index (χ4v) is 7.53. The molecule has 316 valence electrons. The summed E-state index contributed by atoms with van der Waals surface area (Å²) in [6.45, 7) is -0.370. The van der Waals surface area contributed by atoms with Gasteiger partial charge in [-0.3, -0.25) is 20.2 Å². The highest BCUT2D eigenvalue weighted by molar-refractivity contribution is 9.10. The van der Waals surface area contributed by atoms with Crippen molar-refractivity contribution in [3.63, 3.8) is 0 Å². The predicted molar refractivity (Wildman–Crippen MR) is 237 cm³/mol. The number of hydrogen-bond donors (Lipinski definition) is 0. The van der Waals surface area contributed by atoms with Gasteiger partial charge in [-0.15, -0.1) is 0 Å². The number of ether oxygens (including phenoxy) is 5. The van der Waals surface area contributed by atoms with Crippen LogP contribution in [0, 0.1) is 20.2 Å². The second-order valence-corrected chi connectivity index (χ2v) is 17.2. The lowest BCUT2D eigenvalue weighted by molar-refractivity contribution is -0.386. The lowest BCUT2D eigenvalue weighted by Crippen LogP contribution is -2.17. The molecule has 2 atom stereocenters. The summed E-state index contributed by atoms with van der Waals surface area (Å²) < 4.78 is 29.8. The Morgan fingerprint density at radius 3 is 1.36 bits per heavy atom. The molecule has 2 unspecified atom stereocenters. The van der Waals surface area contributed by atoms with Crippen LogP contribution in [0.15, 0.2) is 66.7 Å². The van der Waals surface area contributed by atoms with Gasteiger partial charge in [0.05, 0.1) is 43.2 Å². The Hall–Kier alpha value is -1.96. The van der Waals surface area contributed by atoms with Crippen LogP contribution in [-0.4, -0.2) is 46.2 Å². The number of benzene rings is 2. The minimum atomic E-state index is -1.15. The molecule has 0 fully saturated rings. The molecule has 13 nitrogen and oxygen atoms in total. The van der Waals surface area contributed by atoms with E-state index in [4.69, 9.17) is 140 Å². The number of halogens is 12. The van der Waals surface area contributed by atoms with Gasteiger partial charge in [0, 0.05) is 48.2 Å². The van der Waals surface area contributed by atoms with Gasteiger partial charge in [-0.1, -0.05) is 116 Å². The van der Waals surface area contributed by atoms with Crippen LogP contribution in [-0.2, 0) is 4.74 Å². The van der Waals surface area contributed by atoms with E-state index >= 15 is 0 Å². The molecule has 4 rings (SSSR count). The van der Waals surface area contributed by atoms with E-state index in [1.165, 1.54) is 48.6 Å². The summed E-state index contributed by atoms with van der Waals surface area (Å²) >= 11 is 69.1. The number of pyridine rings is 2. The van der Waals surface area contributed by atoms with Crippen LogP contribution in [0.4, 0.5) is 11.4 Å². The quantitative estimate of drug-likeness (QED) is 0.0273. The molecule has 0 N–H and O–H groups in total. The largest absolute Gasteiger partial charge is 0.488 e. The van der Waals surface area contributed by atoms with Crippen LogP contribution in [0.5, 0.6) is 23.3 Å². The molecule has 0 aliphatic carbocycles. The van der Waals surface area contributed by atoms with Gasteiger partial charge in [-0.05, 0) is 56.1 Å². The van der Waals surface area contributed by atoms with E-state index < -0.39 is 33.4 Å². The molecular weight excluding hydrogens is 1120 g/mol. The molecule has 0 aliphatic rings. The number of hydrogen-bond acceptors (Lipinski definition) is 11. The maximum absolute atomic E-state index is 11.9.